The van der Waals surface area contributed by atoms with Gasteiger partial charge >= 0.3 is 0 Å². The van der Waals surface area contributed by atoms with E-state index >= 15 is 0 Å². The fourth-order valence-corrected chi connectivity index (χ4v) is 3.75. The van der Waals surface area contributed by atoms with Gasteiger partial charge in [0.25, 0.3) is 0 Å². The largest absolute Gasteiger partial charge is 0.372 e. The zero-order valence-corrected chi connectivity index (χ0v) is 13.0. The SMILES string of the molecule is CNc1ncccc1S(=O)(=O)NCC1(N(C)C)CCC1. The lowest BCUT2D eigenvalue weighted by molar-refractivity contribution is 0.0657. The Bertz CT molecular complexity index is 567. The molecule has 112 valence electrons. The third-order valence-electron chi connectivity index (χ3n) is 4.12. The Morgan fingerprint density at radius 3 is 2.60 bits per heavy atom. The Kier molecular flexibility index (Phi) is 4.31. The summed E-state index contributed by atoms with van der Waals surface area (Å²) in [5.74, 6) is 0.368. The second-order valence-electron chi connectivity index (χ2n) is 5.40. The fourth-order valence-electron chi connectivity index (χ4n) is 2.47. The van der Waals surface area contributed by atoms with Crippen LogP contribution in [0.2, 0.25) is 0 Å². The Morgan fingerprint density at radius 1 is 1.40 bits per heavy atom. The molecule has 2 N–H and O–H groups in total. The zero-order chi connectivity index (χ0) is 14.8. The van der Waals surface area contributed by atoms with Crippen molar-refractivity contribution in [1.29, 1.82) is 0 Å². The van der Waals surface area contributed by atoms with Crippen LogP contribution >= 0.6 is 0 Å². The Balaban J connectivity index is 2.16. The minimum Gasteiger partial charge on any atom is -0.372 e. The minimum atomic E-state index is -3.55. The molecule has 0 spiro atoms. The van der Waals surface area contributed by atoms with Crippen LogP contribution in [0.15, 0.2) is 23.2 Å². The van der Waals surface area contributed by atoms with Gasteiger partial charge < -0.3 is 10.2 Å². The molecule has 1 fully saturated rings. The van der Waals surface area contributed by atoms with Gasteiger partial charge in [-0.05, 0) is 45.5 Å². The molecular weight excluding hydrogens is 276 g/mol. The number of pyridine rings is 1. The minimum absolute atomic E-state index is 0.0465. The smallest absolute Gasteiger partial charge is 0.244 e. The van der Waals surface area contributed by atoms with Crippen LogP contribution in [0.4, 0.5) is 5.82 Å². The van der Waals surface area contributed by atoms with Gasteiger partial charge in [-0.25, -0.2) is 18.1 Å². The van der Waals surface area contributed by atoms with Crippen molar-refractivity contribution >= 4 is 15.8 Å². The second-order valence-corrected chi connectivity index (χ2v) is 7.13. The third-order valence-corrected chi connectivity index (χ3v) is 5.55. The summed E-state index contributed by atoms with van der Waals surface area (Å²) in [5.41, 5.74) is -0.0465. The fraction of sp³-hybridized carbons (Fsp3) is 0.615. The van der Waals surface area contributed by atoms with Crippen molar-refractivity contribution in [2.45, 2.75) is 29.7 Å². The van der Waals surface area contributed by atoms with Gasteiger partial charge in [0.15, 0.2) is 0 Å². The number of hydrogen-bond acceptors (Lipinski definition) is 5. The van der Waals surface area contributed by atoms with Gasteiger partial charge in [-0.3, -0.25) is 0 Å². The first kappa shape index (κ1) is 15.2. The summed E-state index contributed by atoms with van der Waals surface area (Å²) < 4.78 is 27.5. The maximum absolute atomic E-state index is 12.4. The molecule has 0 aliphatic heterocycles. The van der Waals surface area contributed by atoms with Crippen molar-refractivity contribution in [2.24, 2.45) is 0 Å². The lowest BCUT2D eigenvalue weighted by Gasteiger charge is -2.47. The van der Waals surface area contributed by atoms with E-state index in [1.54, 1.807) is 25.4 Å². The van der Waals surface area contributed by atoms with Crippen molar-refractivity contribution in [3.05, 3.63) is 18.3 Å². The van der Waals surface area contributed by atoms with E-state index < -0.39 is 10.0 Å². The van der Waals surface area contributed by atoms with E-state index in [1.165, 1.54) is 0 Å². The van der Waals surface area contributed by atoms with Crippen LogP contribution in [0.1, 0.15) is 19.3 Å². The van der Waals surface area contributed by atoms with Crippen LogP contribution in [-0.2, 0) is 10.0 Å². The summed E-state index contributed by atoms with van der Waals surface area (Å²) in [6.45, 7) is 0.431. The molecule has 1 saturated carbocycles. The quantitative estimate of drug-likeness (QED) is 0.816. The Labute approximate surface area is 120 Å². The van der Waals surface area contributed by atoms with Crippen LogP contribution in [0.3, 0.4) is 0 Å². The van der Waals surface area contributed by atoms with Gasteiger partial charge in [0.1, 0.15) is 10.7 Å². The molecule has 20 heavy (non-hydrogen) atoms. The Hall–Kier alpha value is -1.18. The first-order chi connectivity index (χ1) is 9.41. The van der Waals surface area contributed by atoms with Gasteiger partial charge in [-0.2, -0.15) is 0 Å². The van der Waals surface area contributed by atoms with Crippen LogP contribution in [-0.4, -0.2) is 51.5 Å². The molecule has 0 bridgehead atoms. The number of anilines is 1. The molecule has 1 aromatic rings. The van der Waals surface area contributed by atoms with Crippen LogP contribution < -0.4 is 10.0 Å². The van der Waals surface area contributed by atoms with Crippen molar-refractivity contribution in [3.63, 3.8) is 0 Å². The molecule has 7 heteroatoms. The predicted octanol–water partition coefficient (Wildman–Crippen LogP) is 0.886. The first-order valence-electron chi connectivity index (χ1n) is 6.71. The number of sulfonamides is 1. The summed E-state index contributed by atoms with van der Waals surface area (Å²) in [6, 6.07) is 3.19. The molecule has 1 aromatic heterocycles. The Morgan fingerprint density at radius 2 is 2.10 bits per heavy atom. The van der Waals surface area contributed by atoms with Crippen LogP contribution in [0, 0.1) is 0 Å². The van der Waals surface area contributed by atoms with Crippen molar-refractivity contribution in [2.75, 3.05) is 33.0 Å². The maximum Gasteiger partial charge on any atom is 0.244 e. The molecule has 1 heterocycles. The molecule has 0 radical (unpaired) electrons. The molecular formula is C13H22N4O2S. The molecule has 6 nitrogen and oxygen atoms in total. The van der Waals surface area contributed by atoms with E-state index in [4.69, 9.17) is 0 Å². The number of aromatic nitrogens is 1. The van der Waals surface area contributed by atoms with E-state index in [2.05, 4.69) is 19.9 Å². The molecule has 0 atom stereocenters. The number of hydrogen-bond donors (Lipinski definition) is 2. The van der Waals surface area contributed by atoms with Gasteiger partial charge in [0, 0.05) is 25.3 Å². The van der Waals surface area contributed by atoms with Gasteiger partial charge in [0.2, 0.25) is 10.0 Å². The van der Waals surface area contributed by atoms with Gasteiger partial charge in [-0.15, -0.1) is 0 Å². The highest BCUT2D eigenvalue weighted by atomic mass is 32.2. The summed E-state index contributed by atoms with van der Waals surface area (Å²) >= 11 is 0. The van der Waals surface area contributed by atoms with Crippen molar-refractivity contribution in [3.8, 4) is 0 Å². The molecule has 2 rings (SSSR count). The molecule has 1 aliphatic rings. The topological polar surface area (TPSA) is 74.3 Å². The molecule has 1 aliphatic carbocycles. The summed E-state index contributed by atoms with van der Waals surface area (Å²) in [4.78, 5) is 6.34. The summed E-state index contributed by atoms with van der Waals surface area (Å²) in [5, 5.41) is 2.81. The molecule has 0 aromatic carbocycles. The van der Waals surface area contributed by atoms with Crippen molar-refractivity contribution in [1.82, 2.24) is 14.6 Å². The molecule has 0 amide bonds. The highest BCUT2D eigenvalue weighted by molar-refractivity contribution is 7.89. The number of nitrogens with zero attached hydrogens (tertiary/aromatic N) is 2. The van der Waals surface area contributed by atoms with Gasteiger partial charge in [-0.1, -0.05) is 0 Å². The third kappa shape index (κ3) is 2.79. The highest BCUT2D eigenvalue weighted by Crippen LogP contribution is 2.35. The second kappa shape index (κ2) is 5.67. The number of likely N-dealkylation sites (N-methyl/N-ethyl adjacent to an activating group) is 1. The summed E-state index contributed by atoms with van der Waals surface area (Å²) in [7, 11) is 2.11. The number of rotatable bonds is 6. The zero-order valence-electron chi connectivity index (χ0n) is 12.2. The lowest BCUT2D eigenvalue weighted by atomic mass is 9.76. The van der Waals surface area contributed by atoms with E-state index in [0.29, 0.717) is 12.4 Å². The lowest BCUT2D eigenvalue weighted by Crippen LogP contribution is -2.57. The average molecular weight is 298 g/mol. The number of nitrogens with one attached hydrogen (secondary N) is 2. The standard InChI is InChI=1S/C13H22N4O2S/c1-14-12-11(6-4-9-15-12)20(18,19)16-10-13(17(2)3)7-5-8-13/h4,6,9,16H,5,7-8,10H2,1-3H3,(H,14,15). The molecule has 0 unspecified atom stereocenters. The highest BCUT2D eigenvalue weighted by Gasteiger charge is 2.40. The van der Waals surface area contributed by atoms with E-state index in [1.807, 2.05) is 14.1 Å². The van der Waals surface area contributed by atoms with E-state index in [9.17, 15) is 8.42 Å². The normalized spacial score (nSPS) is 17.8. The summed E-state index contributed by atoms with van der Waals surface area (Å²) in [6.07, 6.45) is 4.76. The average Bonchev–Trinajstić information content (AvgIpc) is 2.37. The maximum atomic E-state index is 12.4. The first-order valence-corrected chi connectivity index (χ1v) is 8.19. The monoisotopic (exact) mass is 298 g/mol. The van der Waals surface area contributed by atoms with Crippen LogP contribution in [0.5, 0.6) is 0 Å². The molecule has 0 saturated heterocycles. The van der Waals surface area contributed by atoms with E-state index in [-0.39, 0.29) is 10.4 Å². The van der Waals surface area contributed by atoms with E-state index in [0.717, 1.165) is 19.3 Å². The predicted molar refractivity (Wildman–Crippen MR) is 79.2 cm³/mol. The van der Waals surface area contributed by atoms with Crippen molar-refractivity contribution < 1.29 is 8.42 Å². The van der Waals surface area contributed by atoms with Crippen LogP contribution in [0.25, 0.3) is 0 Å². The van der Waals surface area contributed by atoms with Gasteiger partial charge in [0.05, 0.1) is 0 Å².